The third-order valence-electron chi connectivity index (χ3n) is 6.35. The Morgan fingerprint density at radius 3 is 2.56 bits per heavy atom. The van der Waals surface area contributed by atoms with Gasteiger partial charge in [-0.2, -0.15) is 0 Å². The van der Waals surface area contributed by atoms with E-state index in [2.05, 4.69) is 16.3 Å². The monoisotopic (exact) mass is 461 g/mol. The molecular formula is C28H32FN3O2. The van der Waals surface area contributed by atoms with Crippen molar-refractivity contribution in [3.8, 4) is 11.1 Å². The molecule has 4 rings (SSSR count). The molecule has 0 saturated heterocycles. The van der Waals surface area contributed by atoms with E-state index in [9.17, 15) is 9.90 Å². The lowest BCUT2D eigenvalue weighted by Crippen LogP contribution is -2.18. The molecule has 1 aliphatic rings. The van der Waals surface area contributed by atoms with Crippen LogP contribution in [-0.2, 0) is 17.8 Å². The minimum absolute atomic E-state index is 0.0203. The van der Waals surface area contributed by atoms with Crippen LogP contribution in [0.5, 0.6) is 0 Å². The number of carboxylic acid groups (broad SMARTS) is 1. The third-order valence-corrected chi connectivity index (χ3v) is 6.35. The molecule has 0 radical (unpaired) electrons. The summed E-state index contributed by atoms with van der Waals surface area (Å²) in [5.74, 6) is -0.448. The second kappa shape index (κ2) is 10.3. The summed E-state index contributed by atoms with van der Waals surface area (Å²) in [5.41, 5.74) is 11.4. The van der Waals surface area contributed by atoms with Gasteiger partial charge in [-0.05, 0) is 60.6 Å². The van der Waals surface area contributed by atoms with Gasteiger partial charge in [0.15, 0.2) is 0 Å². The molecule has 0 aromatic heterocycles. The van der Waals surface area contributed by atoms with Crippen molar-refractivity contribution in [2.75, 3.05) is 23.8 Å². The van der Waals surface area contributed by atoms with Crippen LogP contribution >= 0.6 is 0 Å². The van der Waals surface area contributed by atoms with Crippen LogP contribution in [0.25, 0.3) is 11.1 Å². The Bertz CT molecular complexity index is 1170. The van der Waals surface area contributed by atoms with E-state index in [1.54, 1.807) is 19.1 Å². The molecule has 34 heavy (non-hydrogen) atoms. The van der Waals surface area contributed by atoms with Crippen LogP contribution in [0.1, 0.15) is 42.5 Å². The highest BCUT2D eigenvalue weighted by molar-refractivity contribution is 5.75. The molecular weight excluding hydrogens is 429 g/mol. The summed E-state index contributed by atoms with van der Waals surface area (Å²) in [6, 6.07) is 18.6. The van der Waals surface area contributed by atoms with Crippen LogP contribution < -0.4 is 16.0 Å². The Labute approximate surface area is 200 Å². The Hall–Kier alpha value is -3.38. The zero-order valence-corrected chi connectivity index (χ0v) is 19.7. The number of hydrogen-bond donors (Lipinski definition) is 3. The molecule has 0 heterocycles. The van der Waals surface area contributed by atoms with Gasteiger partial charge in [-0.3, -0.25) is 4.79 Å². The van der Waals surface area contributed by atoms with Gasteiger partial charge in [0.2, 0.25) is 0 Å². The fourth-order valence-electron chi connectivity index (χ4n) is 4.19. The molecule has 5 nitrogen and oxygen atoms in total. The number of benzene rings is 3. The molecule has 0 unspecified atom stereocenters. The number of carboxylic acids is 1. The Morgan fingerprint density at radius 2 is 1.88 bits per heavy atom. The van der Waals surface area contributed by atoms with Crippen LogP contribution in [0, 0.1) is 11.7 Å². The number of anilines is 2. The predicted octanol–water partition coefficient (Wildman–Crippen LogP) is 5.60. The lowest BCUT2D eigenvalue weighted by Gasteiger charge is -2.23. The molecule has 1 aliphatic carbocycles. The largest absolute Gasteiger partial charge is 0.481 e. The standard InChI is InChI=1S/C28H32FN3O2/c1-18(30)25-8-5-9-26(28(25)29)22-12-23(31-16-19-10-11-19)15-24(13-22)32(2)17-21-7-4-3-6-20(21)14-27(33)34/h3-9,12-13,15,18-19,31H,10-11,14,16-17,30H2,1-2H3,(H,33,34)/t18-/m1/s1. The zero-order chi connectivity index (χ0) is 24.2. The van der Waals surface area contributed by atoms with Crippen molar-refractivity contribution in [1.82, 2.24) is 0 Å². The average molecular weight is 462 g/mol. The van der Waals surface area contributed by atoms with Crippen molar-refractivity contribution in [2.24, 2.45) is 11.7 Å². The van der Waals surface area contributed by atoms with Crippen LogP contribution in [0.4, 0.5) is 15.8 Å². The summed E-state index contributed by atoms with van der Waals surface area (Å²) in [4.78, 5) is 13.4. The minimum atomic E-state index is -0.854. The lowest BCUT2D eigenvalue weighted by atomic mass is 9.98. The Kier molecular flexibility index (Phi) is 7.17. The van der Waals surface area contributed by atoms with Gasteiger partial charge in [0.05, 0.1) is 6.42 Å². The number of halogens is 1. The Morgan fingerprint density at radius 1 is 1.15 bits per heavy atom. The lowest BCUT2D eigenvalue weighted by molar-refractivity contribution is -0.136. The topological polar surface area (TPSA) is 78.6 Å². The molecule has 4 N–H and O–H groups in total. The highest BCUT2D eigenvalue weighted by atomic mass is 19.1. The van der Waals surface area contributed by atoms with Gasteiger partial charge in [-0.1, -0.05) is 42.5 Å². The number of carbonyl (C=O) groups is 1. The van der Waals surface area contributed by atoms with E-state index in [1.807, 2.05) is 49.5 Å². The predicted molar refractivity (Wildman–Crippen MR) is 136 cm³/mol. The van der Waals surface area contributed by atoms with Gasteiger partial charge in [-0.25, -0.2) is 4.39 Å². The van der Waals surface area contributed by atoms with E-state index in [-0.39, 0.29) is 12.2 Å². The molecule has 1 fully saturated rings. The van der Waals surface area contributed by atoms with E-state index >= 15 is 4.39 Å². The smallest absolute Gasteiger partial charge is 0.307 e. The number of nitrogens with one attached hydrogen (secondary N) is 1. The van der Waals surface area contributed by atoms with Crippen LogP contribution in [-0.4, -0.2) is 24.7 Å². The van der Waals surface area contributed by atoms with Crippen molar-refractivity contribution in [3.63, 3.8) is 0 Å². The molecule has 1 saturated carbocycles. The maximum Gasteiger partial charge on any atom is 0.307 e. The summed E-state index contributed by atoms with van der Waals surface area (Å²) in [7, 11) is 1.97. The maximum atomic E-state index is 15.3. The first-order valence-corrected chi connectivity index (χ1v) is 11.7. The van der Waals surface area contributed by atoms with Crippen LogP contribution in [0.3, 0.4) is 0 Å². The second-order valence-electron chi connectivity index (χ2n) is 9.29. The zero-order valence-electron chi connectivity index (χ0n) is 19.7. The molecule has 6 heteroatoms. The highest BCUT2D eigenvalue weighted by Crippen LogP contribution is 2.35. The van der Waals surface area contributed by atoms with Gasteiger partial charge in [0.1, 0.15) is 5.82 Å². The highest BCUT2D eigenvalue weighted by Gasteiger charge is 2.21. The van der Waals surface area contributed by atoms with Crippen molar-refractivity contribution >= 4 is 17.3 Å². The summed E-state index contributed by atoms with van der Waals surface area (Å²) < 4.78 is 15.3. The van der Waals surface area contributed by atoms with E-state index in [4.69, 9.17) is 5.73 Å². The molecule has 0 spiro atoms. The molecule has 1 atom stereocenters. The van der Waals surface area contributed by atoms with Crippen LogP contribution in [0.15, 0.2) is 60.7 Å². The molecule has 178 valence electrons. The first-order valence-electron chi connectivity index (χ1n) is 11.7. The summed E-state index contributed by atoms with van der Waals surface area (Å²) in [5, 5.41) is 12.8. The number of rotatable bonds is 10. The summed E-state index contributed by atoms with van der Waals surface area (Å²) in [6.07, 6.45) is 2.46. The van der Waals surface area contributed by atoms with Crippen molar-refractivity contribution in [3.05, 3.63) is 83.2 Å². The normalized spacial score (nSPS) is 14.0. The molecule has 3 aromatic rings. The first kappa shape index (κ1) is 23.8. The van der Waals surface area contributed by atoms with Gasteiger partial charge in [0.25, 0.3) is 0 Å². The van der Waals surface area contributed by atoms with Gasteiger partial charge in [-0.15, -0.1) is 0 Å². The van der Waals surface area contributed by atoms with Crippen molar-refractivity contribution < 1.29 is 14.3 Å². The quantitative estimate of drug-likeness (QED) is 0.366. The summed E-state index contributed by atoms with van der Waals surface area (Å²) >= 11 is 0. The number of hydrogen-bond acceptors (Lipinski definition) is 4. The van der Waals surface area contributed by atoms with E-state index in [0.717, 1.165) is 34.6 Å². The number of nitrogens with zero attached hydrogens (tertiary/aromatic N) is 1. The van der Waals surface area contributed by atoms with E-state index in [0.29, 0.717) is 23.6 Å². The molecule has 0 bridgehead atoms. The van der Waals surface area contributed by atoms with Crippen molar-refractivity contribution in [1.29, 1.82) is 0 Å². The fourth-order valence-corrected chi connectivity index (χ4v) is 4.19. The van der Waals surface area contributed by atoms with E-state index < -0.39 is 12.0 Å². The van der Waals surface area contributed by atoms with Gasteiger partial charge < -0.3 is 21.1 Å². The number of aliphatic carboxylic acids is 1. The molecule has 0 amide bonds. The fraction of sp³-hybridized carbons (Fsp3) is 0.321. The minimum Gasteiger partial charge on any atom is -0.481 e. The SMILES string of the molecule is C[C@@H](N)c1cccc(-c2cc(NCC3CC3)cc(N(C)Cc3ccccc3CC(=O)O)c2)c1F. The van der Waals surface area contributed by atoms with Crippen molar-refractivity contribution in [2.45, 2.75) is 38.8 Å². The summed E-state index contributed by atoms with van der Waals surface area (Å²) in [6.45, 7) is 3.22. The molecule has 3 aromatic carbocycles. The average Bonchev–Trinajstić information content (AvgIpc) is 3.63. The van der Waals surface area contributed by atoms with Crippen LogP contribution in [0.2, 0.25) is 0 Å². The van der Waals surface area contributed by atoms with E-state index in [1.165, 1.54) is 12.8 Å². The third kappa shape index (κ3) is 5.75. The molecule has 0 aliphatic heterocycles. The maximum absolute atomic E-state index is 15.3. The Balaban J connectivity index is 1.69. The van der Waals surface area contributed by atoms with Gasteiger partial charge in [0, 0.05) is 48.7 Å². The first-order chi connectivity index (χ1) is 16.3. The second-order valence-corrected chi connectivity index (χ2v) is 9.29. The number of nitrogens with two attached hydrogens (primary N) is 1. The van der Waals surface area contributed by atoms with Gasteiger partial charge >= 0.3 is 5.97 Å².